The Bertz CT molecular complexity index is 669. The number of fused-ring (bicyclic) bond motifs is 2. The van der Waals surface area contributed by atoms with Crippen LogP contribution in [0.1, 0.15) is 42.7 Å². The summed E-state index contributed by atoms with van der Waals surface area (Å²) in [6.45, 7) is 9.82. The molecule has 1 aromatic heterocycles. The maximum atomic E-state index is 6.23. The minimum atomic E-state index is 0.260. The van der Waals surface area contributed by atoms with E-state index in [1.807, 2.05) is 0 Å². The lowest BCUT2D eigenvalue weighted by atomic mass is 9.99. The number of aromatic nitrogens is 1. The molecule has 0 bridgehead atoms. The van der Waals surface area contributed by atoms with E-state index in [4.69, 9.17) is 5.73 Å². The van der Waals surface area contributed by atoms with Crippen molar-refractivity contribution in [3.05, 3.63) is 34.5 Å². The topological polar surface area (TPSA) is 34.2 Å². The van der Waals surface area contributed by atoms with Gasteiger partial charge >= 0.3 is 0 Å². The first-order valence-electron chi connectivity index (χ1n) is 8.12. The molecule has 21 heavy (non-hydrogen) atoms. The van der Waals surface area contributed by atoms with Crippen molar-refractivity contribution in [1.29, 1.82) is 0 Å². The second kappa shape index (κ2) is 5.47. The molecular formula is C18H27N3. The minimum Gasteiger partial charge on any atom is -0.345 e. The predicted octanol–water partition coefficient (Wildman–Crippen LogP) is 3.19. The van der Waals surface area contributed by atoms with Crippen LogP contribution in [-0.4, -0.2) is 22.6 Å². The van der Waals surface area contributed by atoms with Crippen LogP contribution in [0.25, 0.3) is 10.9 Å². The molecule has 2 heterocycles. The van der Waals surface area contributed by atoms with Gasteiger partial charge in [0.05, 0.1) is 0 Å². The molecule has 0 amide bonds. The summed E-state index contributed by atoms with van der Waals surface area (Å²) in [4.78, 5) is 2.38. The van der Waals surface area contributed by atoms with Crippen LogP contribution in [0.5, 0.6) is 0 Å². The first-order chi connectivity index (χ1) is 10.0. The molecule has 2 aromatic rings. The zero-order chi connectivity index (χ0) is 15.1. The Morgan fingerprint density at radius 1 is 1.19 bits per heavy atom. The highest BCUT2D eigenvalue weighted by Crippen LogP contribution is 2.33. The van der Waals surface area contributed by atoms with Gasteiger partial charge in [-0.3, -0.25) is 4.90 Å². The maximum absolute atomic E-state index is 6.23. The van der Waals surface area contributed by atoms with Crippen molar-refractivity contribution in [2.24, 2.45) is 5.73 Å². The molecule has 1 aliphatic rings. The summed E-state index contributed by atoms with van der Waals surface area (Å²) in [5.41, 5.74) is 13.5. The van der Waals surface area contributed by atoms with Gasteiger partial charge in [0.15, 0.2) is 0 Å². The SMILES string of the molecule is CCC(N)Cc1c(C)n(CC)c2cc3c(cc12)CN(C)C3. The van der Waals surface area contributed by atoms with Crippen molar-refractivity contribution in [2.45, 2.75) is 59.3 Å². The Morgan fingerprint density at radius 3 is 2.48 bits per heavy atom. The third-order valence-corrected chi connectivity index (χ3v) is 4.96. The number of nitrogens with zero attached hydrogens (tertiary/aromatic N) is 2. The number of hydrogen-bond acceptors (Lipinski definition) is 2. The van der Waals surface area contributed by atoms with Crippen molar-refractivity contribution < 1.29 is 0 Å². The second-order valence-corrected chi connectivity index (χ2v) is 6.49. The van der Waals surface area contributed by atoms with Crippen molar-refractivity contribution in [3.8, 4) is 0 Å². The lowest BCUT2D eigenvalue weighted by molar-refractivity contribution is 0.353. The number of aryl methyl sites for hydroxylation is 1. The van der Waals surface area contributed by atoms with E-state index in [0.29, 0.717) is 0 Å². The molecule has 1 atom stereocenters. The van der Waals surface area contributed by atoms with E-state index in [0.717, 1.165) is 32.5 Å². The Labute approximate surface area is 127 Å². The van der Waals surface area contributed by atoms with E-state index < -0.39 is 0 Å². The van der Waals surface area contributed by atoms with Crippen LogP contribution in [-0.2, 0) is 26.1 Å². The fourth-order valence-electron chi connectivity index (χ4n) is 3.68. The zero-order valence-corrected chi connectivity index (χ0v) is 13.7. The Morgan fingerprint density at radius 2 is 1.86 bits per heavy atom. The zero-order valence-electron chi connectivity index (χ0n) is 13.7. The van der Waals surface area contributed by atoms with E-state index in [2.05, 4.69) is 49.4 Å². The van der Waals surface area contributed by atoms with E-state index in [1.54, 1.807) is 0 Å². The molecule has 1 aromatic carbocycles. The summed E-state index contributed by atoms with van der Waals surface area (Å²) in [6, 6.07) is 5.09. The van der Waals surface area contributed by atoms with Crippen LogP contribution < -0.4 is 5.73 Å². The molecule has 3 rings (SSSR count). The lowest BCUT2D eigenvalue weighted by Gasteiger charge is -2.10. The molecule has 0 saturated carbocycles. The standard InChI is InChI=1S/C18H27N3/c1-5-15(19)9-16-12(3)21(6-2)18-8-14-11-20(4)10-13(14)7-17(16)18/h7-8,15H,5-6,9-11,19H2,1-4H3. The van der Waals surface area contributed by atoms with Crippen molar-refractivity contribution in [2.75, 3.05) is 7.05 Å². The van der Waals surface area contributed by atoms with Crippen molar-refractivity contribution in [1.82, 2.24) is 9.47 Å². The van der Waals surface area contributed by atoms with Crippen LogP contribution in [0.2, 0.25) is 0 Å². The summed E-state index contributed by atoms with van der Waals surface area (Å²) in [5, 5.41) is 1.42. The molecule has 0 radical (unpaired) electrons. The highest BCUT2D eigenvalue weighted by Gasteiger charge is 2.21. The van der Waals surface area contributed by atoms with E-state index in [-0.39, 0.29) is 6.04 Å². The highest BCUT2D eigenvalue weighted by molar-refractivity contribution is 5.87. The van der Waals surface area contributed by atoms with Gasteiger partial charge in [0.2, 0.25) is 0 Å². The Kier molecular flexibility index (Phi) is 3.80. The second-order valence-electron chi connectivity index (χ2n) is 6.49. The number of hydrogen-bond donors (Lipinski definition) is 1. The first kappa shape index (κ1) is 14.6. The molecule has 114 valence electrons. The van der Waals surface area contributed by atoms with Gasteiger partial charge in [0, 0.05) is 42.3 Å². The van der Waals surface area contributed by atoms with Gasteiger partial charge in [-0.15, -0.1) is 0 Å². The highest BCUT2D eigenvalue weighted by atomic mass is 15.1. The molecule has 0 spiro atoms. The van der Waals surface area contributed by atoms with Gasteiger partial charge in [-0.05, 0) is 62.6 Å². The normalized spacial score (nSPS) is 16.6. The Hall–Kier alpha value is -1.32. The predicted molar refractivity (Wildman–Crippen MR) is 89.5 cm³/mol. The fraction of sp³-hybridized carbons (Fsp3) is 0.556. The van der Waals surface area contributed by atoms with Gasteiger partial charge in [0.1, 0.15) is 0 Å². The molecule has 3 heteroatoms. The molecule has 2 N–H and O–H groups in total. The van der Waals surface area contributed by atoms with Crippen LogP contribution in [0.3, 0.4) is 0 Å². The monoisotopic (exact) mass is 285 g/mol. The number of nitrogens with two attached hydrogens (primary N) is 1. The van der Waals surface area contributed by atoms with Crippen LogP contribution in [0.15, 0.2) is 12.1 Å². The van der Waals surface area contributed by atoms with Gasteiger partial charge in [-0.1, -0.05) is 6.92 Å². The average molecular weight is 285 g/mol. The molecule has 0 aliphatic carbocycles. The summed E-state index contributed by atoms with van der Waals surface area (Å²) in [5.74, 6) is 0. The van der Waals surface area contributed by atoms with Gasteiger partial charge in [-0.2, -0.15) is 0 Å². The molecular weight excluding hydrogens is 258 g/mol. The third kappa shape index (κ3) is 2.39. The summed E-state index contributed by atoms with van der Waals surface area (Å²) in [7, 11) is 2.19. The smallest absolute Gasteiger partial charge is 0.0488 e. The van der Waals surface area contributed by atoms with E-state index in [1.165, 1.54) is 33.3 Å². The molecule has 1 unspecified atom stereocenters. The van der Waals surface area contributed by atoms with Crippen LogP contribution in [0.4, 0.5) is 0 Å². The molecule has 0 saturated heterocycles. The summed E-state index contributed by atoms with van der Waals surface area (Å²) >= 11 is 0. The largest absolute Gasteiger partial charge is 0.345 e. The maximum Gasteiger partial charge on any atom is 0.0488 e. The third-order valence-electron chi connectivity index (χ3n) is 4.96. The fourth-order valence-corrected chi connectivity index (χ4v) is 3.68. The van der Waals surface area contributed by atoms with E-state index >= 15 is 0 Å². The quantitative estimate of drug-likeness (QED) is 0.936. The van der Waals surface area contributed by atoms with Gasteiger partial charge in [0.25, 0.3) is 0 Å². The average Bonchev–Trinajstić information content (AvgIpc) is 2.93. The van der Waals surface area contributed by atoms with Gasteiger partial charge in [-0.25, -0.2) is 0 Å². The number of rotatable bonds is 4. The summed E-state index contributed by atoms with van der Waals surface area (Å²) in [6.07, 6.45) is 2.02. The molecule has 1 aliphatic heterocycles. The van der Waals surface area contributed by atoms with Crippen molar-refractivity contribution in [3.63, 3.8) is 0 Å². The van der Waals surface area contributed by atoms with Crippen LogP contribution in [0, 0.1) is 6.92 Å². The van der Waals surface area contributed by atoms with Gasteiger partial charge < -0.3 is 10.3 Å². The van der Waals surface area contributed by atoms with E-state index in [9.17, 15) is 0 Å². The molecule has 3 nitrogen and oxygen atoms in total. The van der Waals surface area contributed by atoms with Crippen LogP contribution >= 0.6 is 0 Å². The minimum absolute atomic E-state index is 0.260. The number of benzene rings is 1. The molecule has 0 fully saturated rings. The van der Waals surface area contributed by atoms with Crippen molar-refractivity contribution >= 4 is 10.9 Å². The summed E-state index contributed by atoms with van der Waals surface area (Å²) < 4.78 is 2.45. The lowest BCUT2D eigenvalue weighted by Crippen LogP contribution is -2.21. The Balaban J connectivity index is 2.18. The first-order valence-corrected chi connectivity index (χ1v) is 8.12.